The summed E-state index contributed by atoms with van der Waals surface area (Å²) in [5.74, 6) is 0.698. The molecule has 0 saturated carbocycles. The third-order valence-electron chi connectivity index (χ3n) is 3.62. The van der Waals surface area contributed by atoms with Gasteiger partial charge in [0.25, 0.3) is 0 Å². The Morgan fingerprint density at radius 3 is 2.95 bits per heavy atom. The van der Waals surface area contributed by atoms with Crippen molar-refractivity contribution in [2.45, 2.75) is 23.1 Å². The van der Waals surface area contributed by atoms with Crippen LogP contribution in [0.5, 0.6) is 5.75 Å². The van der Waals surface area contributed by atoms with Crippen LogP contribution in [0.25, 0.3) is 0 Å². The van der Waals surface area contributed by atoms with Gasteiger partial charge < -0.3 is 31.4 Å². The Kier molecular flexibility index (Phi) is 3.11. The molecule has 0 spiro atoms. The second-order valence-corrected chi connectivity index (χ2v) is 6.39. The number of hydrogen-bond donors (Lipinski definition) is 2. The van der Waals surface area contributed by atoms with Crippen molar-refractivity contribution in [3.63, 3.8) is 0 Å². The highest BCUT2D eigenvalue weighted by Gasteiger charge is 2.42. The van der Waals surface area contributed by atoms with Crippen LogP contribution in [0.3, 0.4) is 0 Å². The molecule has 0 radical (unpaired) electrons. The third-order valence-corrected chi connectivity index (χ3v) is 4.98. The second kappa shape index (κ2) is 4.53. The molecule has 0 aliphatic carbocycles. The smallest absolute Gasteiger partial charge is 0.124 e. The Labute approximate surface area is 115 Å². The van der Waals surface area contributed by atoms with Crippen LogP contribution < -0.4 is 16.2 Å². The Morgan fingerprint density at radius 2 is 2.16 bits per heavy atom. The van der Waals surface area contributed by atoms with Crippen LogP contribution in [-0.2, 0) is 0 Å². The molecule has 2 aliphatic rings. The van der Waals surface area contributed by atoms with E-state index in [9.17, 15) is 10.4 Å². The molecular formula is C12H16N3O3S-. The van der Waals surface area contributed by atoms with Crippen LogP contribution in [0.4, 0.5) is 5.69 Å². The molecule has 104 valence electrons. The molecule has 4 N–H and O–H groups in total. The van der Waals surface area contributed by atoms with E-state index < -0.39 is 16.2 Å². The molecule has 2 heterocycles. The quantitative estimate of drug-likeness (QED) is 0.422. The van der Waals surface area contributed by atoms with Gasteiger partial charge in [-0.15, -0.1) is 11.8 Å². The molecule has 0 bridgehead atoms. The summed E-state index contributed by atoms with van der Waals surface area (Å²) in [6.45, 7) is 0.266. The van der Waals surface area contributed by atoms with E-state index in [0.29, 0.717) is 24.5 Å². The molecule has 3 rings (SSSR count). The van der Waals surface area contributed by atoms with Crippen molar-refractivity contribution >= 4 is 17.4 Å². The number of nitrogens with two attached hydrogens (primary N) is 2. The number of benzene rings is 1. The summed E-state index contributed by atoms with van der Waals surface area (Å²) in [4.78, 5) is -1.55. The number of hydroxylamine groups is 4. The SMILES string of the molecule is Nc1ccc2c(c1)C1SC(N)C[N+]([O-])([O-])C1CCO2. The Bertz CT molecular complexity index is 497. The summed E-state index contributed by atoms with van der Waals surface area (Å²) in [5, 5.41) is 23.6. The number of nitrogens with zero attached hydrogens (tertiary/aromatic N) is 1. The average Bonchev–Trinajstić information content (AvgIpc) is 2.48. The molecule has 3 unspecified atom stereocenters. The van der Waals surface area contributed by atoms with Gasteiger partial charge in [0, 0.05) is 17.7 Å². The highest BCUT2D eigenvalue weighted by atomic mass is 32.2. The number of nitrogen functional groups attached to an aromatic ring is 1. The van der Waals surface area contributed by atoms with Crippen LogP contribution in [0.15, 0.2) is 18.2 Å². The number of fused-ring (bicyclic) bond motifs is 3. The molecular weight excluding hydrogens is 266 g/mol. The molecule has 3 atom stereocenters. The van der Waals surface area contributed by atoms with Crippen molar-refractivity contribution in [1.29, 1.82) is 0 Å². The summed E-state index contributed by atoms with van der Waals surface area (Å²) < 4.78 is 5.63. The first-order chi connectivity index (χ1) is 8.97. The van der Waals surface area contributed by atoms with Crippen molar-refractivity contribution < 1.29 is 9.55 Å². The van der Waals surface area contributed by atoms with Crippen LogP contribution in [0.2, 0.25) is 0 Å². The highest BCUT2D eigenvalue weighted by molar-refractivity contribution is 8.00. The molecule has 0 aromatic heterocycles. The van der Waals surface area contributed by atoms with E-state index in [1.807, 2.05) is 0 Å². The van der Waals surface area contributed by atoms with E-state index in [-0.39, 0.29) is 11.8 Å². The largest absolute Gasteiger partial charge is 0.631 e. The van der Waals surface area contributed by atoms with Crippen molar-refractivity contribution in [1.82, 2.24) is 0 Å². The topological polar surface area (TPSA) is 107 Å². The lowest BCUT2D eigenvalue weighted by atomic mass is 10.0. The van der Waals surface area contributed by atoms with Crippen molar-refractivity contribution in [2.75, 3.05) is 18.9 Å². The molecule has 6 nitrogen and oxygen atoms in total. The molecule has 1 fully saturated rings. The maximum atomic E-state index is 12.1. The van der Waals surface area contributed by atoms with Crippen LogP contribution in [-0.4, -0.2) is 29.4 Å². The minimum absolute atomic E-state index is 0.108. The Balaban J connectivity index is 2.06. The first-order valence-electron chi connectivity index (χ1n) is 6.20. The van der Waals surface area contributed by atoms with Crippen LogP contribution >= 0.6 is 11.8 Å². The normalized spacial score (nSPS) is 32.7. The van der Waals surface area contributed by atoms with Gasteiger partial charge in [0.1, 0.15) is 23.7 Å². The zero-order valence-electron chi connectivity index (χ0n) is 10.3. The van der Waals surface area contributed by atoms with Crippen LogP contribution in [0.1, 0.15) is 17.2 Å². The third kappa shape index (κ3) is 2.28. The average molecular weight is 282 g/mol. The monoisotopic (exact) mass is 282 g/mol. The summed E-state index contributed by atoms with van der Waals surface area (Å²) in [7, 11) is 0. The maximum Gasteiger partial charge on any atom is 0.124 e. The van der Waals surface area contributed by atoms with Gasteiger partial charge in [-0.3, -0.25) is 0 Å². The van der Waals surface area contributed by atoms with Gasteiger partial charge >= 0.3 is 0 Å². The first-order valence-corrected chi connectivity index (χ1v) is 7.15. The summed E-state index contributed by atoms with van der Waals surface area (Å²) >= 11 is 1.46. The fraction of sp³-hybridized carbons (Fsp3) is 0.500. The number of hydrogen-bond acceptors (Lipinski definition) is 6. The lowest BCUT2D eigenvalue weighted by Crippen LogP contribution is -2.57. The fourth-order valence-corrected chi connectivity index (χ4v) is 4.26. The van der Waals surface area contributed by atoms with Gasteiger partial charge in [-0.2, -0.15) is 0 Å². The molecule has 1 saturated heterocycles. The molecule has 1 aromatic carbocycles. The fourth-order valence-electron chi connectivity index (χ4n) is 2.75. The summed E-state index contributed by atoms with van der Waals surface area (Å²) in [6.07, 6.45) is 0.436. The number of ether oxygens (including phenoxy) is 1. The van der Waals surface area contributed by atoms with Crippen molar-refractivity contribution in [2.24, 2.45) is 5.73 Å². The minimum Gasteiger partial charge on any atom is -0.631 e. The van der Waals surface area contributed by atoms with Crippen LogP contribution in [0, 0.1) is 10.4 Å². The van der Waals surface area contributed by atoms with Crippen molar-refractivity contribution in [3.05, 3.63) is 34.2 Å². The van der Waals surface area contributed by atoms with Gasteiger partial charge in [-0.1, -0.05) is 0 Å². The predicted molar refractivity (Wildman–Crippen MR) is 74.9 cm³/mol. The lowest BCUT2D eigenvalue weighted by Gasteiger charge is -2.58. The number of thioether (sulfide) groups is 1. The zero-order valence-corrected chi connectivity index (χ0v) is 11.1. The Morgan fingerprint density at radius 1 is 1.37 bits per heavy atom. The minimum atomic E-state index is -1.55. The number of anilines is 1. The summed E-state index contributed by atoms with van der Waals surface area (Å²) in [6, 6.07) is 4.75. The number of rotatable bonds is 0. The van der Waals surface area contributed by atoms with E-state index in [1.165, 1.54) is 11.8 Å². The zero-order chi connectivity index (χ0) is 13.6. The molecule has 1 aromatic rings. The highest BCUT2D eigenvalue weighted by Crippen LogP contribution is 2.48. The molecule has 19 heavy (non-hydrogen) atoms. The van der Waals surface area contributed by atoms with E-state index in [4.69, 9.17) is 16.2 Å². The molecule has 2 aliphatic heterocycles. The Hall–Kier alpha value is -0.990. The van der Waals surface area contributed by atoms with Gasteiger partial charge in [0.05, 0.1) is 11.9 Å². The van der Waals surface area contributed by atoms with E-state index in [2.05, 4.69) is 0 Å². The second-order valence-electron chi connectivity index (χ2n) is 5.01. The summed E-state index contributed by atoms with van der Waals surface area (Å²) in [5.41, 5.74) is 13.0. The van der Waals surface area contributed by atoms with E-state index >= 15 is 0 Å². The maximum absolute atomic E-state index is 12.1. The van der Waals surface area contributed by atoms with Gasteiger partial charge in [0.15, 0.2) is 0 Å². The molecule has 7 heteroatoms. The van der Waals surface area contributed by atoms with E-state index in [1.54, 1.807) is 18.2 Å². The van der Waals surface area contributed by atoms with Gasteiger partial charge in [0.2, 0.25) is 0 Å². The van der Waals surface area contributed by atoms with Gasteiger partial charge in [-0.05, 0) is 18.2 Å². The van der Waals surface area contributed by atoms with E-state index in [0.717, 1.165) is 5.56 Å². The molecule has 0 amide bonds. The van der Waals surface area contributed by atoms with Crippen molar-refractivity contribution in [3.8, 4) is 5.75 Å². The standard InChI is InChI=1S/C12H16N3O3S/c13-7-1-2-10-8(5-7)12-9(3-4-18-10)15(16,17)6-11(14)19-12/h1-2,5,9,11-12H,3-4,6,13-14H2/q-1. The lowest BCUT2D eigenvalue weighted by molar-refractivity contribution is -0.859. The predicted octanol–water partition coefficient (Wildman–Crippen LogP) is 1.30. The number of quaternary nitrogens is 1. The van der Waals surface area contributed by atoms with Gasteiger partial charge in [-0.25, -0.2) is 0 Å². The first kappa shape index (κ1) is 13.0.